The van der Waals surface area contributed by atoms with Crippen molar-refractivity contribution in [1.29, 1.82) is 0 Å². The van der Waals surface area contributed by atoms with Crippen LogP contribution < -0.4 is 5.32 Å². The van der Waals surface area contributed by atoms with Crippen LogP contribution in [0.25, 0.3) is 0 Å². The minimum atomic E-state index is -0.315. The molecule has 0 unspecified atom stereocenters. The van der Waals surface area contributed by atoms with Crippen molar-refractivity contribution >= 4 is 18.3 Å². The number of ether oxygens (including phenoxy) is 2. The van der Waals surface area contributed by atoms with Crippen LogP contribution in [0.2, 0.25) is 0 Å². The van der Waals surface area contributed by atoms with Gasteiger partial charge in [-0.3, -0.25) is 14.4 Å². The van der Waals surface area contributed by atoms with Crippen molar-refractivity contribution in [3.05, 3.63) is 17.5 Å². The molecule has 1 aliphatic heterocycles. The SMILES string of the molecule is CCCO[C@@H]1CC[C@H](C(=O)N2CCOCC2)C[C@H]1NC(=O)c1cc(C)no1.O=CO. The van der Waals surface area contributed by atoms with Crippen LogP contribution in [0.3, 0.4) is 0 Å². The highest BCUT2D eigenvalue weighted by Gasteiger charge is 2.37. The first kappa shape index (κ1) is 23.8. The van der Waals surface area contributed by atoms with E-state index >= 15 is 0 Å². The Morgan fingerprint density at radius 1 is 1.37 bits per heavy atom. The van der Waals surface area contributed by atoms with Gasteiger partial charge >= 0.3 is 0 Å². The summed E-state index contributed by atoms with van der Waals surface area (Å²) in [6.45, 7) is 6.67. The van der Waals surface area contributed by atoms with Gasteiger partial charge in [-0.15, -0.1) is 0 Å². The fourth-order valence-electron chi connectivity index (χ4n) is 3.74. The van der Waals surface area contributed by atoms with Gasteiger partial charge in [-0.2, -0.15) is 0 Å². The summed E-state index contributed by atoms with van der Waals surface area (Å²) in [4.78, 5) is 35.6. The number of amides is 2. The molecule has 3 atom stereocenters. The van der Waals surface area contributed by atoms with Crippen LogP contribution in [-0.2, 0) is 19.1 Å². The summed E-state index contributed by atoms with van der Waals surface area (Å²) in [5, 5.41) is 13.7. The third kappa shape index (κ3) is 6.81. The summed E-state index contributed by atoms with van der Waals surface area (Å²) < 4.78 is 16.4. The maximum absolute atomic E-state index is 12.9. The number of carboxylic acid groups (broad SMARTS) is 1. The summed E-state index contributed by atoms with van der Waals surface area (Å²) in [5.74, 6) is -0.0816. The van der Waals surface area contributed by atoms with Gasteiger partial charge in [-0.05, 0) is 32.6 Å². The van der Waals surface area contributed by atoms with E-state index in [2.05, 4.69) is 17.4 Å². The molecule has 1 saturated heterocycles. The smallest absolute Gasteiger partial charge is 0.290 e. The van der Waals surface area contributed by atoms with Gasteiger partial charge in [0.1, 0.15) is 0 Å². The highest BCUT2D eigenvalue weighted by atomic mass is 16.5. The molecule has 2 fully saturated rings. The van der Waals surface area contributed by atoms with Crippen LogP contribution in [0, 0.1) is 12.8 Å². The van der Waals surface area contributed by atoms with Gasteiger partial charge in [0.05, 0.1) is 31.1 Å². The van der Waals surface area contributed by atoms with Crippen LogP contribution in [0.1, 0.15) is 48.9 Å². The van der Waals surface area contributed by atoms with Crippen molar-refractivity contribution in [1.82, 2.24) is 15.4 Å². The normalized spacial score (nSPS) is 23.8. The Kier molecular flexibility index (Phi) is 9.75. The number of aromatic nitrogens is 1. The van der Waals surface area contributed by atoms with Crippen LogP contribution in [0.15, 0.2) is 10.6 Å². The minimum Gasteiger partial charge on any atom is -0.483 e. The highest BCUT2D eigenvalue weighted by Crippen LogP contribution is 2.29. The van der Waals surface area contributed by atoms with Gasteiger partial charge in [0, 0.05) is 31.7 Å². The first-order valence-electron chi connectivity index (χ1n) is 10.3. The van der Waals surface area contributed by atoms with E-state index in [1.54, 1.807) is 13.0 Å². The van der Waals surface area contributed by atoms with Crippen LogP contribution >= 0.6 is 0 Å². The summed E-state index contributed by atoms with van der Waals surface area (Å²) in [7, 11) is 0. The van der Waals surface area contributed by atoms with Crippen molar-refractivity contribution in [2.75, 3.05) is 32.9 Å². The number of nitrogens with zero attached hydrogens (tertiary/aromatic N) is 2. The number of carbonyl (C=O) groups is 3. The number of rotatable bonds is 6. The highest BCUT2D eigenvalue weighted by molar-refractivity contribution is 5.91. The predicted molar refractivity (Wildman–Crippen MR) is 106 cm³/mol. The number of aryl methyl sites for hydroxylation is 1. The Labute approximate surface area is 175 Å². The van der Waals surface area contributed by atoms with Gasteiger partial charge in [0.2, 0.25) is 11.7 Å². The van der Waals surface area contributed by atoms with Crippen LogP contribution in [0.5, 0.6) is 0 Å². The van der Waals surface area contributed by atoms with E-state index in [0.29, 0.717) is 45.0 Å². The van der Waals surface area contributed by atoms with Crippen molar-refractivity contribution < 1.29 is 33.5 Å². The third-order valence-corrected chi connectivity index (χ3v) is 5.16. The van der Waals surface area contributed by atoms with Gasteiger partial charge in [-0.25, -0.2) is 0 Å². The molecule has 3 rings (SSSR count). The zero-order valence-corrected chi connectivity index (χ0v) is 17.5. The van der Waals surface area contributed by atoms with Crippen molar-refractivity contribution in [3.8, 4) is 0 Å². The van der Waals surface area contributed by atoms with Crippen molar-refractivity contribution in [2.45, 2.75) is 51.7 Å². The van der Waals surface area contributed by atoms with Gasteiger partial charge < -0.3 is 29.3 Å². The number of hydrogen-bond donors (Lipinski definition) is 2. The van der Waals surface area contributed by atoms with E-state index in [0.717, 1.165) is 19.3 Å². The molecule has 0 bridgehead atoms. The molecule has 0 aromatic carbocycles. The average molecular weight is 425 g/mol. The van der Waals surface area contributed by atoms with Crippen LogP contribution in [-0.4, -0.2) is 78.5 Å². The minimum absolute atomic E-state index is 0.0911. The molecular formula is C20H31N3O7. The Morgan fingerprint density at radius 2 is 2.07 bits per heavy atom. The van der Waals surface area contributed by atoms with E-state index in [1.165, 1.54) is 0 Å². The molecule has 1 aromatic rings. The topological polar surface area (TPSA) is 131 Å². The summed E-state index contributed by atoms with van der Waals surface area (Å²) >= 11 is 0. The third-order valence-electron chi connectivity index (χ3n) is 5.16. The van der Waals surface area contributed by atoms with E-state index in [4.69, 9.17) is 23.9 Å². The zero-order chi connectivity index (χ0) is 21.9. The molecular weight excluding hydrogens is 394 g/mol. The molecule has 1 aliphatic carbocycles. The van der Waals surface area contributed by atoms with E-state index in [1.807, 2.05) is 4.90 Å². The fourth-order valence-corrected chi connectivity index (χ4v) is 3.74. The van der Waals surface area contributed by atoms with Gasteiger partial charge in [0.25, 0.3) is 12.4 Å². The summed E-state index contributed by atoms with van der Waals surface area (Å²) in [6, 6.07) is 1.38. The maximum atomic E-state index is 12.9. The fraction of sp³-hybridized carbons (Fsp3) is 0.700. The van der Waals surface area contributed by atoms with Crippen molar-refractivity contribution in [3.63, 3.8) is 0 Å². The number of carbonyl (C=O) groups excluding carboxylic acids is 2. The molecule has 2 amide bonds. The molecule has 1 saturated carbocycles. The molecule has 2 aliphatic rings. The van der Waals surface area contributed by atoms with Gasteiger partial charge in [-0.1, -0.05) is 12.1 Å². The van der Waals surface area contributed by atoms with E-state index in [9.17, 15) is 9.59 Å². The van der Waals surface area contributed by atoms with Crippen LogP contribution in [0.4, 0.5) is 0 Å². The Morgan fingerprint density at radius 3 is 2.67 bits per heavy atom. The number of morpholine rings is 1. The molecule has 0 spiro atoms. The second-order valence-corrected chi connectivity index (χ2v) is 7.37. The lowest BCUT2D eigenvalue weighted by atomic mass is 9.82. The zero-order valence-electron chi connectivity index (χ0n) is 17.5. The monoisotopic (exact) mass is 425 g/mol. The predicted octanol–water partition coefficient (Wildman–Crippen LogP) is 1.24. The molecule has 10 heteroatoms. The molecule has 168 valence electrons. The number of hydrogen-bond acceptors (Lipinski definition) is 7. The molecule has 2 heterocycles. The molecule has 1 aromatic heterocycles. The number of nitrogens with one attached hydrogen (secondary N) is 1. The van der Waals surface area contributed by atoms with Crippen molar-refractivity contribution in [2.24, 2.45) is 5.92 Å². The Hall–Kier alpha value is -2.46. The Balaban J connectivity index is 0.00000101. The second kappa shape index (κ2) is 12.3. The molecule has 30 heavy (non-hydrogen) atoms. The lowest BCUT2D eigenvalue weighted by Gasteiger charge is -2.38. The summed E-state index contributed by atoms with van der Waals surface area (Å²) in [5.41, 5.74) is 0.656. The second-order valence-electron chi connectivity index (χ2n) is 7.37. The molecule has 2 N–H and O–H groups in total. The lowest BCUT2D eigenvalue weighted by molar-refractivity contribution is -0.142. The largest absolute Gasteiger partial charge is 0.483 e. The molecule has 0 radical (unpaired) electrons. The van der Waals surface area contributed by atoms with E-state index in [-0.39, 0.29) is 42.1 Å². The first-order valence-corrected chi connectivity index (χ1v) is 10.3. The van der Waals surface area contributed by atoms with E-state index < -0.39 is 0 Å². The average Bonchev–Trinajstić information content (AvgIpc) is 3.20. The first-order chi connectivity index (χ1) is 14.5. The Bertz CT molecular complexity index is 688. The van der Waals surface area contributed by atoms with Gasteiger partial charge in [0.15, 0.2) is 0 Å². The lowest BCUT2D eigenvalue weighted by Crippen LogP contribution is -2.52. The maximum Gasteiger partial charge on any atom is 0.290 e. The quantitative estimate of drug-likeness (QED) is 0.651. The summed E-state index contributed by atoms with van der Waals surface area (Å²) in [6.07, 6.45) is 2.92. The standard InChI is InChI=1S/C19H29N3O5.CH2O2/c1-3-8-26-16-5-4-14(19(24)22-6-9-25-10-7-22)12-15(16)20-18(23)17-11-13(2)21-27-17;2-1-3/h11,14-16H,3-10,12H2,1-2H3,(H,20,23);1H,(H,2,3)/t14-,15+,16+;/m0./s1. The molecule has 10 nitrogen and oxygen atoms in total.